The second kappa shape index (κ2) is 9.75. The Labute approximate surface area is 182 Å². The highest BCUT2D eigenvalue weighted by atomic mass is 16.5. The van der Waals surface area contributed by atoms with Crippen molar-refractivity contribution in [3.63, 3.8) is 0 Å². The molecule has 2 heterocycles. The molecule has 1 saturated heterocycles. The van der Waals surface area contributed by atoms with Crippen LogP contribution in [0, 0.1) is 5.92 Å². The Morgan fingerprint density at radius 2 is 1.87 bits per heavy atom. The third-order valence-corrected chi connectivity index (χ3v) is 5.79. The van der Waals surface area contributed by atoms with E-state index in [0.717, 1.165) is 42.8 Å². The van der Waals surface area contributed by atoms with Gasteiger partial charge in [-0.05, 0) is 62.7 Å². The van der Waals surface area contributed by atoms with E-state index in [1.165, 1.54) is 0 Å². The van der Waals surface area contributed by atoms with Crippen molar-refractivity contribution in [2.24, 2.45) is 5.92 Å². The van der Waals surface area contributed by atoms with Gasteiger partial charge in [0.2, 0.25) is 17.6 Å². The molecule has 2 aromatic carbocycles. The maximum Gasteiger partial charge on any atom is 0.241 e. The first-order chi connectivity index (χ1) is 15.1. The van der Waals surface area contributed by atoms with E-state index in [2.05, 4.69) is 20.4 Å². The van der Waals surface area contributed by atoms with Gasteiger partial charge in [0.25, 0.3) is 0 Å². The summed E-state index contributed by atoms with van der Waals surface area (Å²) in [5.41, 5.74) is 2.01. The van der Waals surface area contributed by atoms with Crippen LogP contribution in [0.2, 0.25) is 0 Å². The lowest BCUT2D eigenvalue weighted by atomic mass is 9.95. The minimum absolute atomic E-state index is 0.0153. The number of nitrogens with zero attached hydrogens (tertiary/aromatic N) is 3. The molecular formula is C24H28N4O3. The van der Waals surface area contributed by atoms with E-state index < -0.39 is 0 Å². The average molecular weight is 421 g/mol. The van der Waals surface area contributed by atoms with Crippen LogP contribution in [-0.4, -0.2) is 41.1 Å². The standard InChI is InChI=1S/C24H28N4O3/c1-17(18-6-4-3-5-7-18)25-24(29)20-12-14-28(15-13-20)16-22-26-23(27-31-22)19-8-10-21(30-2)11-9-19/h3-11,17,20H,12-16H2,1-2H3,(H,25,29). The summed E-state index contributed by atoms with van der Waals surface area (Å²) in [4.78, 5) is 19.5. The minimum Gasteiger partial charge on any atom is -0.497 e. The first kappa shape index (κ1) is 21.1. The fourth-order valence-electron chi connectivity index (χ4n) is 3.88. The largest absolute Gasteiger partial charge is 0.497 e. The SMILES string of the molecule is COc1ccc(-c2noc(CN3CCC(C(=O)NC(C)c4ccccc4)CC3)n2)cc1. The number of ether oxygens (including phenoxy) is 1. The van der Waals surface area contributed by atoms with E-state index in [4.69, 9.17) is 9.26 Å². The zero-order valence-corrected chi connectivity index (χ0v) is 18.0. The van der Waals surface area contributed by atoms with E-state index in [9.17, 15) is 4.79 Å². The van der Waals surface area contributed by atoms with E-state index in [1.807, 2.05) is 61.5 Å². The quantitative estimate of drug-likeness (QED) is 0.626. The number of aromatic nitrogens is 2. The van der Waals surface area contributed by atoms with Crippen molar-refractivity contribution in [2.45, 2.75) is 32.4 Å². The summed E-state index contributed by atoms with van der Waals surface area (Å²) in [7, 11) is 1.64. The molecule has 0 spiro atoms. The van der Waals surface area contributed by atoms with Gasteiger partial charge >= 0.3 is 0 Å². The van der Waals surface area contributed by atoms with Gasteiger partial charge in [0.15, 0.2) is 0 Å². The molecule has 1 aliphatic heterocycles. The normalized spacial score (nSPS) is 16.1. The highest BCUT2D eigenvalue weighted by Crippen LogP contribution is 2.23. The van der Waals surface area contributed by atoms with Gasteiger partial charge in [-0.25, -0.2) is 0 Å². The number of likely N-dealkylation sites (tertiary alicyclic amines) is 1. The van der Waals surface area contributed by atoms with Crippen LogP contribution in [-0.2, 0) is 11.3 Å². The van der Waals surface area contributed by atoms with Gasteiger partial charge in [0.1, 0.15) is 5.75 Å². The van der Waals surface area contributed by atoms with Gasteiger partial charge in [0.05, 0.1) is 19.7 Å². The average Bonchev–Trinajstić information content (AvgIpc) is 3.28. The molecular weight excluding hydrogens is 392 g/mol. The van der Waals surface area contributed by atoms with Gasteiger partial charge < -0.3 is 14.6 Å². The molecule has 1 aromatic heterocycles. The second-order valence-electron chi connectivity index (χ2n) is 7.93. The third-order valence-electron chi connectivity index (χ3n) is 5.79. The summed E-state index contributed by atoms with van der Waals surface area (Å²) >= 11 is 0. The van der Waals surface area contributed by atoms with Crippen LogP contribution < -0.4 is 10.1 Å². The Kier molecular flexibility index (Phi) is 6.62. The number of nitrogens with one attached hydrogen (secondary N) is 1. The molecule has 0 saturated carbocycles. The summed E-state index contributed by atoms with van der Waals surface area (Å²) in [6, 6.07) is 17.6. The van der Waals surface area contributed by atoms with Crippen molar-refractivity contribution < 1.29 is 14.1 Å². The zero-order valence-electron chi connectivity index (χ0n) is 18.0. The van der Waals surface area contributed by atoms with Gasteiger partial charge in [0, 0.05) is 11.5 Å². The van der Waals surface area contributed by atoms with Crippen molar-refractivity contribution in [1.82, 2.24) is 20.4 Å². The molecule has 31 heavy (non-hydrogen) atoms. The molecule has 7 heteroatoms. The van der Waals surface area contributed by atoms with Crippen LogP contribution >= 0.6 is 0 Å². The van der Waals surface area contributed by atoms with Crippen LogP contribution in [0.15, 0.2) is 59.1 Å². The predicted molar refractivity (Wildman–Crippen MR) is 117 cm³/mol. The molecule has 162 valence electrons. The molecule has 7 nitrogen and oxygen atoms in total. The Morgan fingerprint density at radius 1 is 1.16 bits per heavy atom. The number of piperidine rings is 1. The van der Waals surface area contributed by atoms with Crippen LogP contribution in [0.1, 0.15) is 37.3 Å². The Balaban J connectivity index is 1.26. The fourth-order valence-corrected chi connectivity index (χ4v) is 3.88. The maximum absolute atomic E-state index is 12.7. The van der Waals surface area contributed by atoms with Gasteiger partial charge in [-0.15, -0.1) is 0 Å². The van der Waals surface area contributed by atoms with Crippen molar-refractivity contribution in [3.05, 3.63) is 66.1 Å². The van der Waals surface area contributed by atoms with Crippen molar-refractivity contribution >= 4 is 5.91 Å². The topological polar surface area (TPSA) is 80.5 Å². The maximum atomic E-state index is 12.7. The van der Waals surface area contributed by atoms with Gasteiger partial charge in [-0.1, -0.05) is 35.5 Å². The lowest BCUT2D eigenvalue weighted by Gasteiger charge is -2.30. The van der Waals surface area contributed by atoms with Crippen LogP contribution in [0.4, 0.5) is 0 Å². The number of rotatable bonds is 7. The summed E-state index contributed by atoms with van der Waals surface area (Å²) < 4.78 is 10.6. The zero-order chi connectivity index (χ0) is 21.6. The number of amides is 1. The molecule has 1 N–H and O–H groups in total. The number of carbonyl (C=O) groups excluding carboxylic acids is 1. The number of carbonyl (C=O) groups is 1. The fraction of sp³-hybridized carbons (Fsp3) is 0.375. The molecule has 4 rings (SSSR count). The molecule has 0 bridgehead atoms. The highest BCUT2D eigenvalue weighted by molar-refractivity contribution is 5.79. The lowest BCUT2D eigenvalue weighted by molar-refractivity contribution is -0.127. The molecule has 0 aliphatic carbocycles. The summed E-state index contributed by atoms with van der Waals surface area (Å²) in [5, 5.41) is 7.25. The number of benzene rings is 2. The monoisotopic (exact) mass is 420 g/mol. The predicted octanol–water partition coefficient (Wildman–Crippen LogP) is 3.83. The van der Waals surface area contributed by atoms with E-state index in [0.29, 0.717) is 18.3 Å². The first-order valence-corrected chi connectivity index (χ1v) is 10.7. The molecule has 1 aliphatic rings. The van der Waals surface area contributed by atoms with Gasteiger partial charge in [-0.2, -0.15) is 4.98 Å². The van der Waals surface area contributed by atoms with Crippen LogP contribution in [0.5, 0.6) is 5.75 Å². The van der Waals surface area contributed by atoms with Gasteiger partial charge in [-0.3, -0.25) is 9.69 Å². The lowest BCUT2D eigenvalue weighted by Crippen LogP contribution is -2.40. The van der Waals surface area contributed by atoms with E-state index in [1.54, 1.807) is 7.11 Å². The third kappa shape index (κ3) is 5.30. The smallest absolute Gasteiger partial charge is 0.241 e. The molecule has 3 aromatic rings. The Bertz CT molecular complexity index is 980. The molecule has 1 atom stereocenters. The van der Waals surface area contributed by atoms with E-state index in [-0.39, 0.29) is 17.9 Å². The number of hydrogen-bond donors (Lipinski definition) is 1. The molecule has 1 amide bonds. The van der Waals surface area contributed by atoms with Crippen LogP contribution in [0.3, 0.4) is 0 Å². The number of hydrogen-bond acceptors (Lipinski definition) is 6. The molecule has 1 fully saturated rings. The van der Waals surface area contributed by atoms with Crippen molar-refractivity contribution in [3.8, 4) is 17.1 Å². The van der Waals surface area contributed by atoms with Crippen molar-refractivity contribution in [1.29, 1.82) is 0 Å². The molecule has 1 unspecified atom stereocenters. The summed E-state index contributed by atoms with van der Waals surface area (Å²) in [5.74, 6) is 2.13. The minimum atomic E-state index is 0.0153. The van der Waals surface area contributed by atoms with Crippen molar-refractivity contribution in [2.75, 3.05) is 20.2 Å². The summed E-state index contributed by atoms with van der Waals surface area (Å²) in [6.45, 7) is 4.28. The van der Waals surface area contributed by atoms with E-state index >= 15 is 0 Å². The summed E-state index contributed by atoms with van der Waals surface area (Å²) in [6.07, 6.45) is 1.65. The number of methoxy groups -OCH3 is 1. The van der Waals surface area contributed by atoms with Crippen LogP contribution in [0.25, 0.3) is 11.4 Å². The highest BCUT2D eigenvalue weighted by Gasteiger charge is 2.27. The second-order valence-corrected chi connectivity index (χ2v) is 7.93. The Morgan fingerprint density at radius 3 is 2.55 bits per heavy atom. The first-order valence-electron chi connectivity index (χ1n) is 10.7. The molecule has 0 radical (unpaired) electrons. The Hall–Kier alpha value is -3.19.